The maximum Gasteiger partial charge on any atom is 0.238 e. The van der Waals surface area contributed by atoms with Gasteiger partial charge in [-0.15, -0.1) is 0 Å². The molecule has 0 radical (unpaired) electrons. The summed E-state index contributed by atoms with van der Waals surface area (Å²) in [6.45, 7) is 0. The molecule has 1 spiro atoms. The van der Waals surface area contributed by atoms with Crippen LogP contribution in [0.3, 0.4) is 0 Å². The Balaban J connectivity index is 1.01. The first-order valence-electron chi connectivity index (χ1n) is 25.0. The van der Waals surface area contributed by atoms with Gasteiger partial charge < -0.3 is 4.57 Å². The lowest BCUT2D eigenvalue weighted by atomic mass is 9.70. The fourth-order valence-corrected chi connectivity index (χ4v) is 12.8. The highest BCUT2D eigenvalue weighted by molar-refractivity contribution is 6.18. The summed E-state index contributed by atoms with van der Waals surface area (Å²) in [5.74, 6) is 1.81. The van der Waals surface area contributed by atoms with Gasteiger partial charge in [-0.1, -0.05) is 206 Å². The van der Waals surface area contributed by atoms with Gasteiger partial charge in [-0.2, -0.15) is 9.97 Å². The van der Waals surface area contributed by atoms with E-state index in [4.69, 9.17) is 15.0 Å². The molecule has 0 fully saturated rings. The van der Waals surface area contributed by atoms with E-state index in [0.717, 1.165) is 49.7 Å². The molecule has 5 heteroatoms. The van der Waals surface area contributed by atoms with Gasteiger partial charge in [0.05, 0.1) is 27.5 Å². The van der Waals surface area contributed by atoms with Crippen LogP contribution in [0.2, 0.25) is 0 Å². The molecule has 2 aliphatic rings. The Morgan fingerprint density at radius 3 is 1.49 bits per heavy atom. The molecular formula is C68H41N5. The number of aromatic nitrogens is 5. The monoisotopic (exact) mass is 927 g/mol. The van der Waals surface area contributed by atoms with E-state index in [1.54, 1.807) is 0 Å². The number of para-hydroxylation sites is 2. The zero-order chi connectivity index (χ0) is 47.8. The zero-order valence-electron chi connectivity index (χ0n) is 39.4. The van der Waals surface area contributed by atoms with Gasteiger partial charge in [0, 0.05) is 43.9 Å². The molecule has 0 amide bonds. The fourth-order valence-electron chi connectivity index (χ4n) is 12.8. The summed E-state index contributed by atoms with van der Waals surface area (Å²) in [4.78, 5) is 16.1. The minimum Gasteiger partial charge on any atom is -0.309 e. The van der Waals surface area contributed by atoms with Crippen molar-refractivity contribution < 1.29 is 0 Å². The highest BCUT2D eigenvalue weighted by Crippen LogP contribution is 2.65. The molecular weight excluding hydrogens is 887 g/mol. The van der Waals surface area contributed by atoms with Crippen LogP contribution in [0.4, 0.5) is 0 Å². The summed E-state index contributed by atoms with van der Waals surface area (Å²) >= 11 is 0. The molecule has 0 bridgehead atoms. The normalized spacial score (nSPS) is 14.4. The number of nitrogens with zero attached hydrogens (tertiary/aromatic N) is 5. The Kier molecular flexibility index (Phi) is 8.31. The van der Waals surface area contributed by atoms with Crippen molar-refractivity contribution in [2.24, 2.45) is 0 Å². The second kappa shape index (κ2) is 15.1. The number of benzene rings is 11. The second-order valence-electron chi connectivity index (χ2n) is 19.4. The van der Waals surface area contributed by atoms with E-state index in [1.807, 2.05) is 36.4 Å². The molecule has 0 N–H and O–H groups in total. The molecule has 3 heterocycles. The lowest BCUT2D eigenvalue weighted by Crippen LogP contribution is -2.25. The number of fused-ring (bicyclic) bond motifs is 19. The van der Waals surface area contributed by atoms with Crippen molar-refractivity contribution in [1.82, 2.24) is 24.1 Å². The predicted octanol–water partition coefficient (Wildman–Crippen LogP) is 16.6. The van der Waals surface area contributed by atoms with Crippen molar-refractivity contribution in [3.8, 4) is 67.8 Å². The molecule has 338 valence electrons. The molecule has 73 heavy (non-hydrogen) atoms. The van der Waals surface area contributed by atoms with Crippen molar-refractivity contribution in [2.45, 2.75) is 5.41 Å². The molecule has 1 atom stereocenters. The third-order valence-corrected chi connectivity index (χ3v) is 15.8. The Morgan fingerprint density at radius 2 is 0.808 bits per heavy atom. The van der Waals surface area contributed by atoms with Crippen LogP contribution in [0, 0.1) is 0 Å². The highest BCUT2D eigenvalue weighted by Gasteiger charge is 2.53. The molecule has 0 aliphatic heterocycles. The van der Waals surface area contributed by atoms with Gasteiger partial charge in [-0.25, -0.2) is 4.98 Å². The minimum absolute atomic E-state index is 0.569. The zero-order valence-corrected chi connectivity index (χ0v) is 39.4. The summed E-state index contributed by atoms with van der Waals surface area (Å²) in [6, 6.07) is 90.4. The quantitative estimate of drug-likeness (QED) is 0.173. The maximum absolute atomic E-state index is 5.46. The largest absolute Gasteiger partial charge is 0.309 e. The van der Waals surface area contributed by atoms with Crippen LogP contribution < -0.4 is 0 Å². The SMILES string of the molecule is c1ccc(-c2nc(-c3ccccc3)nc(-n3c4ccc(-c5ccc6c(c5)c5ccccc5n6-c5ccccc5)cc4c4ccc5c(c43)-c3ccccc3C53c4ccccc4-c4c3ccc3ccccc43)n2)cc1. The second-order valence-corrected chi connectivity index (χ2v) is 19.4. The number of hydrogen-bond acceptors (Lipinski definition) is 3. The third kappa shape index (κ3) is 5.53. The van der Waals surface area contributed by atoms with Gasteiger partial charge in [-0.05, 0) is 103 Å². The predicted molar refractivity (Wildman–Crippen MR) is 299 cm³/mol. The Labute approximate surface area is 420 Å². The Hall–Kier alpha value is -9.71. The van der Waals surface area contributed by atoms with Gasteiger partial charge in [-0.3, -0.25) is 4.57 Å². The summed E-state index contributed by atoms with van der Waals surface area (Å²) in [5.41, 5.74) is 19.3. The third-order valence-electron chi connectivity index (χ3n) is 15.8. The van der Waals surface area contributed by atoms with Gasteiger partial charge in [0.1, 0.15) is 0 Å². The van der Waals surface area contributed by atoms with Crippen molar-refractivity contribution in [3.05, 3.63) is 271 Å². The van der Waals surface area contributed by atoms with E-state index >= 15 is 0 Å². The summed E-state index contributed by atoms with van der Waals surface area (Å²) < 4.78 is 4.71. The van der Waals surface area contributed by atoms with Gasteiger partial charge in [0.2, 0.25) is 5.95 Å². The molecule has 14 aromatic rings. The topological polar surface area (TPSA) is 48.5 Å². The Morgan fingerprint density at radius 1 is 0.301 bits per heavy atom. The number of rotatable bonds is 5. The van der Waals surface area contributed by atoms with Crippen LogP contribution >= 0.6 is 0 Å². The van der Waals surface area contributed by atoms with Crippen LogP contribution in [-0.2, 0) is 5.41 Å². The molecule has 0 saturated heterocycles. The molecule has 3 aromatic heterocycles. The first-order chi connectivity index (χ1) is 36.2. The minimum atomic E-state index is -0.569. The van der Waals surface area contributed by atoms with E-state index < -0.39 is 5.41 Å². The van der Waals surface area contributed by atoms with Crippen LogP contribution in [-0.4, -0.2) is 24.1 Å². The van der Waals surface area contributed by atoms with E-state index in [-0.39, 0.29) is 0 Å². The van der Waals surface area contributed by atoms with E-state index in [1.165, 1.54) is 77.1 Å². The van der Waals surface area contributed by atoms with Crippen molar-refractivity contribution in [3.63, 3.8) is 0 Å². The van der Waals surface area contributed by atoms with Crippen LogP contribution in [0.5, 0.6) is 0 Å². The van der Waals surface area contributed by atoms with Crippen LogP contribution in [0.25, 0.3) is 122 Å². The smallest absolute Gasteiger partial charge is 0.238 e. The fraction of sp³-hybridized carbons (Fsp3) is 0.0147. The average Bonchev–Trinajstić information content (AvgIpc) is 4.18. The molecule has 1 unspecified atom stereocenters. The summed E-state index contributed by atoms with van der Waals surface area (Å²) in [7, 11) is 0. The van der Waals surface area contributed by atoms with Crippen LogP contribution in [0.15, 0.2) is 249 Å². The lowest BCUT2D eigenvalue weighted by molar-refractivity contribution is 0.795. The lowest BCUT2D eigenvalue weighted by Gasteiger charge is -2.30. The van der Waals surface area contributed by atoms with Crippen molar-refractivity contribution in [2.75, 3.05) is 0 Å². The van der Waals surface area contributed by atoms with Crippen molar-refractivity contribution >= 4 is 54.4 Å². The molecule has 16 rings (SSSR count). The van der Waals surface area contributed by atoms with Gasteiger partial charge in [0.15, 0.2) is 11.6 Å². The standard InChI is InChI=1S/C68H41N5/c1-4-19-43(20-5-1)65-69-66(44-21-6-2-7-22-44)71-67(70-65)73-61-39-34-46(45-33-38-60-53(40-45)49-26-14-17-31-59(49)72(60)47-23-8-3-9-24-47)41-54(61)50-35-37-58-63(64(50)73)52-28-13-16-30-56(52)68(58)55-29-15-12-27-51(55)62-48-25-11-10-18-42(48)32-36-57(62)68/h1-41H. The Bertz CT molecular complexity index is 4550. The van der Waals surface area contributed by atoms with Gasteiger partial charge in [0.25, 0.3) is 0 Å². The summed E-state index contributed by atoms with van der Waals surface area (Å²) in [5, 5.41) is 7.22. The average molecular weight is 928 g/mol. The molecule has 11 aromatic carbocycles. The van der Waals surface area contributed by atoms with Gasteiger partial charge >= 0.3 is 0 Å². The van der Waals surface area contributed by atoms with Crippen molar-refractivity contribution in [1.29, 1.82) is 0 Å². The number of hydrogen-bond donors (Lipinski definition) is 0. The van der Waals surface area contributed by atoms with E-state index in [0.29, 0.717) is 17.6 Å². The summed E-state index contributed by atoms with van der Waals surface area (Å²) in [6.07, 6.45) is 0. The maximum atomic E-state index is 5.46. The van der Waals surface area contributed by atoms with E-state index in [2.05, 4.69) is 221 Å². The highest BCUT2D eigenvalue weighted by atomic mass is 15.2. The first kappa shape index (κ1) is 40.1. The molecule has 0 saturated carbocycles. The molecule has 5 nitrogen and oxygen atoms in total. The molecule has 2 aliphatic carbocycles. The van der Waals surface area contributed by atoms with E-state index in [9.17, 15) is 0 Å². The first-order valence-corrected chi connectivity index (χ1v) is 25.0. The van der Waals surface area contributed by atoms with Crippen LogP contribution in [0.1, 0.15) is 22.3 Å².